The van der Waals surface area contributed by atoms with Crippen LogP contribution in [0.25, 0.3) is 0 Å². The fraction of sp³-hybridized carbons (Fsp3) is 0.571. The Balaban J connectivity index is 2.05. The third-order valence-electron chi connectivity index (χ3n) is 3.61. The lowest BCUT2D eigenvalue weighted by Gasteiger charge is -2.32. The number of benzene rings is 1. The van der Waals surface area contributed by atoms with Gasteiger partial charge in [0.1, 0.15) is 0 Å². The van der Waals surface area contributed by atoms with Crippen LogP contribution < -0.4 is 5.73 Å². The van der Waals surface area contributed by atoms with E-state index < -0.39 is 0 Å². The molecule has 1 aromatic carbocycles. The van der Waals surface area contributed by atoms with Gasteiger partial charge in [-0.1, -0.05) is 37.3 Å². The molecule has 0 amide bonds. The van der Waals surface area contributed by atoms with Crippen LogP contribution in [0.3, 0.4) is 0 Å². The van der Waals surface area contributed by atoms with Crippen LogP contribution in [0.5, 0.6) is 0 Å². The molecule has 0 radical (unpaired) electrons. The fourth-order valence-electron chi connectivity index (χ4n) is 2.44. The Labute approximate surface area is 98.4 Å². The topological polar surface area (TPSA) is 29.3 Å². The van der Waals surface area contributed by atoms with E-state index in [-0.39, 0.29) is 6.04 Å². The molecule has 2 heteroatoms. The van der Waals surface area contributed by atoms with Crippen molar-refractivity contribution in [2.75, 3.05) is 6.54 Å². The van der Waals surface area contributed by atoms with Crippen LogP contribution in [0.15, 0.2) is 30.3 Å². The Morgan fingerprint density at radius 1 is 1.31 bits per heavy atom. The van der Waals surface area contributed by atoms with Gasteiger partial charge in [-0.2, -0.15) is 0 Å². The van der Waals surface area contributed by atoms with Gasteiger partial charge < -0.3 is 5.73 Å². The molecule has 1 saturated carbocycles. The van der Waals surface area contributed by atoms with E-state index >= 15 is 0 Å². The van der Waals surface area contributed by atoms with Crippen LogP contribution in [-0.4, -0.2) is 23.5 Å². The van der Waals surface area contributed by atoms with E-state index in [1.54, 1.807) is 0 Å². The van der Waals surface area contributed by atoms with Gasteiger partial charge in [-0.15, -0.1) is 0 Å². The molecular weight excluding hydrogens is 196 g/mol. The number of rotatable bonds is 5. The summed E-state index contributed by atoms with van der Waals surface area (Å²) in [5.74, 6) is 0. The van der Waals surface area contributed by atoms with Gasteiger partial charge in [0.05, 0.1) is 0 Å². The molecule has 2 N–H and O–H groups in total. The van der Waals surface area contributed by atoms with Crippen molar-refractivity contribution < 1.29 is 0 Å². The molecular formula is C14H22N2. The Morgan fingerprint density at radius 3 is 2.44 bits per heavy atom. The Morgan fingerprint density at radius 2 is 1.94 bits per heavy atom. The third kappa shape index (κ3) is 2.45. The monoisotopic (exact) mass is 218 g/mol. The first-order valence-corrected chi connectivity index (χ1v) is 6.30. The number of hydrogen-bond donors (Lipinski definition) is 1. The molecule has 0 bridgehead atoms. The van der Waals surface area contributed by atoms with Gasteiger partial charge in [0.15, 0.2) is 0 Å². The summed E-state index contributed by atoms with van der Waals surface area (Å²) in [6.07, 6.45) is 2.69. The highest BCUT2D eigenvalue weighted by atomic mass is 15.2. The molecule has 1 fully saturated rings. The Hall–Kier alpha value is -0.860. The number of nitrogens with zero attached hydrogens (tertiary/aromatic N) is 1. The molecule has 0 aromatic heterocycles. The average Bonchev–Trinajstić information content (AvgIpc) is 3.14. The van der Waals surface area contributed by atoms with Gasteiger partial charge in [-0.25, -0.2) is 0 Å². The summed E-state index contributed by atoms with van der Waals surface area (Å²) in [5, 5.41) is 0. The summed E-state index contributed by atoms with van der Waals surface area (Å²) in [6, 6.07) is 11.8. The second-order valence-corrected chi connectivity index (χ2v) is 4.74. The predicted octanol–water partition coefficient (Wildman–Crippen LogP) is 2.56. The van der Waals surface area contributed by atoms with Crippen LogP contribution in [-0.2, 0) is 0 Å². The lowest BCUT2D eigenvalue weighted by atomic mass is 10.00. The van der Waals surface area contributed by atoms with Crippen molar-refractivity contribution in [1.29, 1.82) is 0 Å². The largest absolute Gasteiger partial charge is 0.323 e. The first-order chi connectivity index (χ1) is 7.74. The van der Waals surface area contributed by atoms with E-state index in [1.165, 1.54) is 18.4 Å². The van der Waals surface area contributed by atoms with E-state index in [0.29, 0.717) is 6.04 Å². The summed E-state index contributed by atoms with van der Waals surface area (Å²) in [5.41, 5.74) is 7.58. The summed E-state index contributed by atoms with van der Waals surface area (Å²) in [4.78, 5) is 2.54. The summed E-state index contributed by atoms with van der Waals surface area (Å²) < 4.78 is 0. The SMILES string of the molecule is CCN(C1CC1)C(C)C(N)c1ccccc1. The highest BCUT2D eigenvalue weighted by molar-refractivity contribution is 5.20. The second-order valence-electron chi connectivity index (χ2n) is 4.74. The molecule has 88 valence electrons. The van der Waals surface area contributed by atoms with E-state index in [9.17, 15) is 0 Å². The molecule has 0 saturated heterocycles. The molecule has 2 rings (SSSR count). The highest BCUT2D eigenvalue weighted by Gasteiger charge is 2.33. The van der Waals surface area contributed by atoms with Crippen molar-refractivity contribution in [2.45, 2.75) is 44.8 Å². The molecule has 1 aliphatic carbocycles. The van der Waals surface area contributed by atoms with Crippen molar-refractivity contribution in [3.05, 3.63) is 35.9 Å². The van der Waals surface area contributed by atoms with Crippen molar-refractivity contribution in [1.82, 2.24) is 4.90 Å². The van der Waals surface area contributed by atoms with Crippen molar-refractivity contribution in [3.8, 4) is 0 Å². The zero-order chi connectivity index (χ0) is 11.5. The second kappa shape index (κ2) is 4.98. The molecule has 1 aliphatic rings. The maximum atomic E-state index is 6.34. The maximum Gasteiger partial charge on any atom is 0.0450 e. The minimum atomic E-state index is 0.127. The molecule has 2 atom stereocenters. The van der Waals surface area contributed by atoms with Gasteiger partial charge in [-0.3, -0.25) is 4.90 Å². The van der Waals surface area contributed by atoms with Crippen LogP contribution in [0.4, 0.5) is 0 Å². The lowest BCUT2D eigenvalue weighted by molar-refractivity contribution is 0.184. The first-order valence-electron chi connectivity index (χ1n) is 6.30. The molecule has 0 heterocycles. The van der Waals surface area contributed by atoms with Crippen molar-refractivity contribution >= 4 is 0 Å². The highest BCUT2D eigenvalue weighted by Crippen LogP contribution is 2.31. The predicted molar refractivity (Wildman–Crippen MR) is 68.2 cm³/mol. The quantitative estimate of drug-likeness (QED) is 0.823. The standard InChI is InChI=1S/C14H22N2/c1-3-16(13-9-10-13)11(2)14(15)12-7-5-4-6-8-12/h4-8,11,13-14H,3,9-10,15H2,1-2H3. The molecule has 0 aliphatic heterocycles. The fourth-order valence-corrected chi connectivity index (χ4v) is 2.44. The molecule has 0 spiro atoms. The molecule has 16 heavy (non-hydrogen) atoms. The summed E-state index contributed by atoms with van der Waals surface area (Å²) >= 11 is 0. The van der Waals surface area contributed by atoms with E-state index in [4.69, 9.17) is 5.73 Å². The lowest BCUT2D eigenvalue weighted by Crippen LogP contribution is -2.42. The van der Waals surface area contributed by atoms with E-state index in [1.807, 2.05) is 6.07 Å². The molecule has 2 unspecified atom stereocenters. The molecule has 2 nitrogen and oxygen atoms in total. The Kier molecular flexibility index (Phi) is 3.62. The number of hydrogen-bond acceptors (Lipinski definition) is 2. The zero-order valence-electron chi connectivity index (χ0n) is 10.3. The van der Waals surface area contributed by atoms with Crippen molar-refractivity contribution in [3.63, 3.8) is 0 Å². The normalized spacial score (nSPS) is 19.8. The minimum Gasteiger partial charge on any atom is -0.323 e. The Bertz CT molecular complexity index is 319. The summed E-state index contributed by atoms with van der Waals surface area (Å²) in [7, 11) is 0. The summed E-state index contributed by atoms with van der Waals surface area (Å²) in [6.45, 7) is 5.58. The van der Waals surface area contributed by atoms with Crippen LogP contribution in [0, 0.1) is 0 Å². The minimum absolute atomic E-state index is 0.127. The number of nitrogens with two attached hydrogens (primary N) is 1. The van der Waals surface area contributed by atoms with Gasteiger partial charge >= 0.3 is 0 Å². The van der Waals surface area contributed by atoms with E-state index in [2.05, 4.69) is 43.0 Å². The van der Waals surface area contributed by atoms with Crippen LogP contribution in [0.1, 0.15) is 38.3 Å². The van der Waals surface area contributed by atoms with Gasteiger partial charge in [0.25, 0.3) is 0 Å². The number of likely N-dealkylation sites (N-methyl/N-ethyl adjacent to an activating group) is 1. The van der Waals surface area contributed by atoms with Crippen molar-refractivity contribution in [2.24, 2.45) is 5.73 Å². The molecule has 1 aromatic rings. The van der Waals surface area contributed by atoms with Gasteiger partial charge in [-0.05, 0) is 31.9 Å². The zero-order valence-corrected chi connectivity index (χ0v) is 10.3. The van der Waals surface area contributed by atoms with Gasteiger partial charge in [0.2, 0.25) is 0 Å². The van der Waals surface area contributed by atoms with Crippen LogP contribution in [0.2, 0.25) is 0 Å². The first kappa shape index (κ1) is 11.6. The van der Waals surface area contributed by atoms with E-state index in [0.717, 1.165) is 12.6 Å². The maximum absolute atomic E-state index is 6.34. The van der Waals surface area contributed by atoms with Crippen LogP contribution >= 0.6 is 0 Å². The average molecular weight is 218 g/mol. The smallest absolute Gasteiger partial charge is 0.0450 e. The van der Waals surface area contributed by atoms with Gasteiger partial charge in [0, 0.05) is 18.1 Å². The third-order valence-corrected chi connectivity index (χ3v) is 3.61.